The number of rotatable bonds is 4. The molecular weight excluding hydrogens is 267 g/mol. The minimum absolute atomic E-state index is 0.0391. The molecule has 0 aliphatic carbocycles. The zero-order chi connectivity index (χ0) is 10.6. The maximum Gasteiger partial charge on any atom is 0.163 e. The summed E-state index contributed by atoms with van der Waals surface area (Å²) >= 11 is 4.50. The fraction of sp³-hybridized carbons (Fsp3) is 0.300. The molecule has 1 rings (SSSR count). The highest BCUT2D eigenvalue weighted by atomic mass is 79.9. The maximum absolute atomic E-state index is 13.1. The topological polar surface area (TPSA) is 17.1 Å². The van der Waals surface area contributed by atoms with Gasteiger partial charge in [0.05, 0.1) is 0 Å². The van der Waals surface area contributed by atoms with Crippen molar-refractivity contribution in [3.8, 4) is 0 Å². The van der Waals surface area contributed by atoms with Crippen LogP contribution < -0.4 is 0 Å². The molecule has 1 aromatic rings. The number of alkyl halides is 1. The highest BCUT2D eigenvalue weighted by Gasteiger charge is 2.08. The molecule has 1 aromatic carbocycles. The van der Waals surface area contributed by atoms with Gasteiger partial charge in [-0.1, -0.05) is 15.9 Å². The van der Waals surface area contributed by atoms with E-state index in [2.05, 4.69) is 15.9 Å². The molecule has 0 bridgehead atoms. The molecule has 0 saturated carbocycles. The zero-order valence-corrected chi connectivity index (χ0v) is 10.1. The van der Waals surface area contributed by atoms with Crippen molar-refractivity contribution < 1.29 is 9.18 Å². The minimum Gasteiger partial charge on any atom is -0.294 e. The third kappa shape index (κ3) is 2.82. The van der Waals surface area contributed by atoms with Crippen LogP contribution >= 0.6 is 27.7 Å². The fourth-order valence-corrected chi connectivity index (χ4v) is 1.93. The van der Waals surface area contributed by atoms with E-state index in [0.29, 0.717) is 22.2 Å². The molecule has 76 valence electrons. The van der Waals surface area contributed by atoms with Crippen LogP contribution in [0.15, 0.2) is 23.1 Å². The lowest BCUT2D eigenvalue weighted by molar-refractivity contribution is 0.0989. The van der Waals surface area contributed by atoms with Crippen LogP contribution in [0.4, 0.5) is 4.39 Å². The van der Waals surface area contributed by atoms with Crippen molar-refractivity contribution in [3.63, 3.8) is 0 Å². The first-order valence-electron chi connectivity index (χ1n) is 4.11. The first kappa shape index (κ1) is 11.7. The molecule has 14 heavy (non-hydrogen) atoms. The first-order chi connectivity index (χ1) is 6.69. The lowest BCUT2D eigenvalue weighted by atomic mass is 10.1. The van der Waals surface area contributed by atoms with Gasteiger partial charge in [0.1, 0.15) is 5.82 Å². The number of Topliss-reactive ketones (excluding diaryl/α,β-unsaturated/α-hetero) is 1. The largest absolute Gasteiger partial charge is 0.294 e. The highest BCUT2D eigenvalue weighted by Crippen LogP contribution is 2.21. The summed E-state index contributed by atoms with van der Waals surface area (Å²) in [7, 11) is 0. The van der Waals surface area contributed by atoms with Gasteiger partial charge in [0.2, 0.25) is 0 Å². The number of thioether (sulfide) groups is 1. The summed E-state index contributed by atoms with van der Waals surface area (Å²) in [4.78, 5) is 12.0. The van der Waals surface area contributed by atoms with Crippen LogP contribution in [0.25, 0.3) is 0 Å². The fourth-order valence-electron chi connectivity index (χ4n) is 1.06. The number of carbonyl (C=O) groups is 1. The lowest BCUT2D eigenvalue weighted by Crippen LogP contribution is -2.00. The quantitative estimate of drug-likeness (QED) is 0.476. The molecule has 0 heterocycles. The summed E-state index contributed by atoms with van der Waals surface area (Å²) in [6.07, 6.45) is 2.23. The predicted molar refractivity (Wildman–Crippen MR) is 60.9 cm³/mol. The van der Waals surface area contributed by atoms with Gasteiger partial charge < -0.3 is 0 Å². The van der Waals surface area contributed by atoms with E-state index in [4.69, 9.17) is 0 Å². The maximum atomic E-state index is 13.1. The molecule has 0 N–H and O–H groups in total. The van der Waals surface area contributed by atoms with Crippen LogP contribution in [0.2, 0.25) is 0 Å². The number of halogens is 2. The Kier molecular flexibility index (Phi) is 4.62. The van der Waals surface area contributed by atoms with Crippen LogP contribution in [0.1, 0.15) is 16.8 Å². The van der Waals surface area contributed by atoms with Crippen molar-refractivity contribution in [2.24, 2.45) is 0 Å². The summed E-state index contributed by atoms with van der Waals surface area (Å²) in [5.74, 6) is -0.231. The molecule has 0 fully saturated rings. The molecule has 0 unspecified atom stereocenters. The second-order valence-corrected chi connectivity index (χ2v) is 4.35. The Labute approximate surface area is 95.2 Å². The van der Waals surface area contributed by atoms with Gasteiger partial charge in [-0.3, -0.25) is 4.79 Å². The molecule has 0 radical (unpaired) electrons. The highest BCUT2D eigenvalue weighted by molar-refractivity contribution is 9.09. The number of hydrogen-bond acceptors (Lipinski definition) is 2. The average molecular weight is 277 g/mol. The number of hydrogen-bond donors (Lipinski definition) is 0. The van der Waals surface area contributed by atoms with Crippen molar-refractivity contribution in [1.29, 1.82) is 0 Å². The van der Waals surface area contributed by atoms with Gasteiger partial charge in [-0.05, 0) is 24.5 Å². The predicted octanol–water partition coefficient (Wildman–Crippen LogP) is 3.52. The van der Waals surface area contributed by atoms with Gasteiger partial charge in [0.25, 0.3) is 0 Å². The Bertz CT molecular complexity index is 341. The van der Waals surface area contributed by atoms with E-state index in [1.807, 2.05) is 0 Å². The van der Waals surface area contributed by atoms with Crippen LogP contribution in [-0.4, -0.2) is 17.4 Å². The third-order valence-electron chi connectivity index (χ3n) is 1.79. The van der Waals surface area contributed by atoms with Crippen LogP contribution in [0.3, 0.4) is 0 Å². The molecule has 0 saturated heterocycles. The normalized spacial score (nSPS) is 10.2. The van der Waals surface area contributed by atoms with Gasteiger partial charge in [0.15, 0.2) is 5.78 Å². The van der Waals surface area contributed by atoms with Gasteiger partial charge >= 0.3 is 0 Å². The summed E-state index contributed by atoms with van der Waals surface area (Å²) < 4.78 is 13.1. The van der Waals surface area contributed by atoms with Crippen molar-refractivity contribution in [2.75, 3.05) is 11.6 Å². The Morgan fingerprint density at radius 3 is 2.86 bits per heavy atom. The Balaban J connectivity index is 2.94. The van der Waals surface area contributed by atoms with Crippen LogP contribution in [0, 0.1) is 5.82 Å². The van der Waals surface area contributed by atoms with Crippen molar-refractivity contribution >= 4 is 33.5 Å². The third-order valence-corrected chi connectivity index (χ3v) is 2.94. The molecule has 0 amide bonds. The summed E-state index contributed by atoms with van der Waals surface area (Å²) in [5.41, 5.74) is 0.579. The SMILES string of the molecule is CSc1cc(C(=O)CCBr)ccc1F. The van der Waals surface area contributed by atoms with E-state index >= 15 is 0 Å². The molecule has 1 nitrogen and oxygen atoms in total. The van der Waals surface area contributed by atoms with Crippen molar-refractivity contribution in [3.05, 3.63) is 29.6 Å². The Morgan fingerprint density at radius 2 is 2.29 bits per heavy atom. The van der Waals surface area contributed by atoms with E-state index < -0.39 is 0 Å². The van der Waals surface area contributed by atoms with Crippen LogP contribution in [0.5, 0.6) is 0 Å². The molecule has 0 atom stereocenters. The van der Waals surface area contributed by atoms with Crippen molar-refractivity contribution in [2.45, 2.75) is 11.3 Å². The zero-order valence-electron chi connectivity index (χ0n) is 7.72. The van der Waals surface area contributed by atoms with E-state index in [1.165, 1.54) is 23.9 Å². The molecule has 4 heteroatoms. The first-order valence-corrected chi connectivity index (χ1v) is 6.46. The Morgan fingerprint density at radius 1 is 1.57 bits per heavy atom. The van der Waals surface area contributed by atoms with E-state index in [9.17, 15) is 9.18 Å². The van der Waals surface area contributed by atoms with E-state index in [1.54, 1.807) is 12.3 Å². The number of benzene rings is 1. The summed E-state index contributed by atoms with van der Waals surface area (Å²) in [6.45, 7) is 0. The minimum atomic E-state index is -0.270. The molecule has 0 aliphatic rings. The number of ketones is 1. The van der Waals surface area contributed by atoms with Crippen LogP contribution in [-0.2, 0) is 0 Å². The summed E-state index contributed by atoms with van der Waals surface area (Å²) in [6, 6.07) is 4.47. The average Bonchev–Trinajstić information content (AvgIpc) is 2.19. The van der Waals surface area contributed by atoms with Gasteiger partial charge in [-0.25, -0.2) is 4.39 Å². The number of carbonyl (C=O) groups excluding carboxylic acids is 1. The second-order valence-electron chi connectivity index (χ2n) is 2.71. The molecule has 0 aromatic heterocycles. The van der Waals surface area contributed by atoms with Gasteiger partial charge in [0, 0.05) is 22.2 Å². The van der Waals surface area contributed by atoms with E-state index in [-0.39, 0.29) is 11.6 Å². The lowest BCUT2D eigenvalue weighted by Gasteiger charge is -2.02. The van der Waals surface area contributed by atoms with E-state index in [0.717, 1.165) is 0 Å². The summed E-state index contributed by atoms with van der Waals surface area (Å²) in [5, 5.41) is 0.637. The molecule has 0 spiro atoms. The molecular formula is C10H10BrFOS. The van der Waals surface area contributed by atoms with Crippen molar-refractivity contribution in [1.82, 2.24) is 0 Å². The second kappa shape index (κ2) is 5.51. The van der Waals surface area contributed by atoms with Gasteiger partial charge in [-0.15, -0.1) is 11.8 Å². The smallest absolute Gasteiger partial charge is 0.163 e. The Hall–Kier alpha value is -0.350. The monoisotopic (exact) mass is 276 g/mol. The molecule has 0 aliphatic heterocycles. The standard InChI is InChI=1S/C10H10BrFOS/c1-14-10-6-7(2-3-8(10)12)9(13)4-5-11/h2-3,6H,4-5H2,1H3. The van der Waals surface area contributed by atoms with Gasteiger partial charge in [-0.2, -0.15) is 0 Å².